The van der Waals surface area contributed by atoms with Gasteiger partial charge in [-0.05, 0) is 60.5 Å². The van der Waals surface area contributed by atoms with Crippen molar-refractivity contribution < 1.29 is 19.2 Å². The first-order valence-electron chi connectivity index (χ1n) is 13.4. The Morgan fingerprint density at radius 2 is 1.74 bits per heavy atom. The highest BCUT2D eigenvalue weighted by Gasteiger charge is 2.21. The quantitative estimate of drug-likeness (QED) is 0.214. The molecule has 0 aromatic heterocycles. The van der Waals surface area contributed by atoms with Crippen LogP contribution in [0, 0.1) is 15.3 Å². The molecular formula is C32H29N4O6-. The van der Waals surface area contributed by atoms with Crippen LogP contribution in [-0.2, 0) is 6.54 Å². The van der Waals surface area contributed by atoms with E-state index >= 15 is 0 Å². The molecule has 5 rings (SSSR count). The Balaban J connectivity index is 1.27. The summed E-state index contributed by atoms with van der Waals surface area (Å²) in [7, 11) is 1.19. The fraction of sp³-hybridized carbons (Fsp3) is 0.188. The molecule has 0 aliphatic carbocycles. The van der Waals surface area contributed by atoms with Gasteiger partial charge in [0, 0.05) is 29.8 Å². The SMILES string of the molecule is C[C@H](NC(=O)c1ccc2c(c1)OCCN2Cc1ccc(-c2ccccc2C(=O)N(C)[O-])cc1)c1ccc([N+](=O)[O-])cc1. The Bertz CT molecular complexity index is 1620. The number of carbonyl (C=O) groups is 2. The van der Waals surface area contributed by atoms with Crippen molar-refractivity contribution in [1.29, 1.82) is 0 Å². The smallest absolute Gasteiger partial charge is 0.269 e. The number of hydroxylamine groups is 2. The third-order valence-corrected chi connectivity index (χ3v) is 7.21. The third-order valence-electron chi connectivity index (χ3n) is 7.21. The van der Waals surface area contributed by atoms with E-state index in [1.54, 1.807) is 36.4 Å². The van der Waals surface area contributed by atoms with Crippen LogP contribution >= 0.6 is 0 Å². The van der Waals surface area contributed by atoms with Crippen LogP contribution in [0.4, 0.5) is 11.4 Å². The van der Waals surface area contributed by atoms with E-state index in [4.69, 9.17) is 4.74 Å². The van der Waals surface area contributed by atoms with Crippen molar-refractivity contribution in [1.82, 2.24) is 10.4 Å². The Morgan fingerprint density at radius 1 is 1.02 bits per heavy atom. The number of rotatable bonds is 8. The summed E-state index contributed by atoms with van der Waals surface area (Å²) in [4.78, 5) is 38.0. The lowest BCUT2D eigenvalue weighted by molar-refractivity contribution is -0.384. The van der Waals surface area contributed by atoms with Crippen molar-refractivity contribution in [3.63, 3.8) is 0 Å². The lowest BCUT2D eigenvalue weighted by atomic mass is 9.98. The molecule has 0 spiro atoms. The number of non-ortho nitro benzene ring substituents is 1. The molecule has 4 aromatic rings. The Labute approximate surface area is 242 Å². The third kappa shape index (κ3) is 6.08. The molecule has 0 saturated heterocycles. The van der Waals surface area contributed by atoms with Gasteiger partial charge in [0.15, 0.2) is 0 Å². The summed E-state index contributed by atoms with van der Waals surface area (Å²) >= 11 is 0. The van der Waals surface area contributed by atoms with Crippen LogP contribution in [0.5, 0.6) is 5.75 Å². The summed E-state index contributed by atoms with van der Waals surface area (Å²) in [6.45, 7) is 3.57. The zero-order valence-corrected chi connectivity index (χ0v) is 23.2. The second-order valence-corrected chi connectivity index (χ2v) is 10.0. The monoisotopic (exact) mass is 565 g/mol. The molecule has 1 aliphatic rings. The van der Waals surface area contributed by atoms with E-state index in [1.807, 2.05) is 49.4 Å². The maximum atomic E-state index is 13.0. The number of benzene rings is 4. The molecule has 1 N–H and O–H groups in total. The lowest BCUT2D eigenvalue weighted by Crippen LogP contribution is -2.32. The van der Waals surface area contributed by atoms with E-state index in [9.17, 15) is 24.9 Å². The fourth-order valence-corrected chi connectivity index (χ4v) is 4.93. The Kier molecular flexibility index (Phi) is 8.16. The van der Waals surface area contributed by atoms with Crippen molar-refractivity contribution in [2.75, 3.05) is 25.1 Å². The number of hydrogen-bond acceptors (Lipinski definition) is 7. The van der Waals surface area contributed by atoms with Crippen molar-refractivity contribution in [2.45, 2.75) is 19.5 Å². The number of nitrogens with zero attached hydrogens (tertiary/aromatic N) is 3. The van der Waals surface area contributed by atoms with Crippen LogP contribution in [0.15, 0.2) is 91.0 Å². The van der Waals surface area contributed by atoms with Crippen LogP contribution in [0.25, 0.3) is 11.1 Å². The van der Waals surface area contributed by atoms with Crippen molar-refractivity contribution in [3.05, 3.63) is 129 Å². The standard InChI is InChI=1S/C32H29N4O6/c1-21(23-11-14-26(15-12-23)36(40)41)33-31(37)25-13-16-29-30(19-25)42-18-17-35(29)20-22-7-9-24(10-8-22)27-5-3-4-6-28(27)32(38)34(2)39/h3-16,19,21H,17-18,20H2,1-2H3,(H,33,37)/q-1/t21-/m0/s1. The predicted octanol–water partition coefficient (Wildman–Crippen LogP) is 5.72. The number of carbonyl (C=O) groups excluding carboxylic acids is 2. The van der Waals surface area contributed by atoms with Gasteiger partial charge in [-0.25, -0.2) is 0 Å². The number of anilines is 1. The second kappa shape index (κ2) is 12.1. The van der Waals surface area contributed by atoms with Gasteiger partial charge in [0.05, 0.1) is 23.2 Å². The van der Waals surface area contributed by atoms with E-state index < -0.39 is 10.8 Å². The summed E-state index contributed by atoms with van der Waals surface area (Å²) in [5, 5.41) is 25.8. The molecular weight excluding hydrogens is 536 g/mol. The molecule has 0 unspecified atom stereocenters. The minimum Gasteiger partial charge on any atom is -0.756 e. The Morgan fingerprint density at radius 3 is 2.43 bits per heavy atom. The first-order valence-corrected chi connectivity index (χ1v) is 13.4. The van der Waals surface area contributed by atoms with Gasteiger partial charge in [-0.2, -0.15) is 0 Å². The summed E-state index contributed by atoms with van der Waals surface area (Å²) in [5.74, 6) is -0.252. The zero-order chi connectivity index (χ0) is 29.8. The zero-order valence-electron chi connectivity index (χ0n) is 23.2. The van der Waals surface area contributed by atoms with E-state index in [0.29, 0.717) is 47.2 Å². The maximum Gasteiger partial charge on any atom is 0.269 e. The van der Waals surface area contributed by atoms with Gasteiger partial charge >= 0.3 is 0 Å². The molecule has 0 saturated carbocycles. The first-order chi connectivity index (χ1) is 20.2. The van der Waals surface area contributed by atoms with Crippen LogP contribution in [-0.4, -0.2) is 42.0 Å². The van der Waals surface area contributed by atoms with Crippen LogP contribution in [0.3, 0.4) is 0 Å². The predicted molar refractivity (Wildman–Crippen MR) is 159 cm³/mol. The number of nitrogens with one attached hydrogen (secondary N) is 1. The number of nitro groups is 1. The van der Waals surface area contributed by atoms with Crippen molar-refractivity contribution in [2.24, 2.45) is 0 Å². The van der Waals surface area contributed by atoms with Gasteiger partial charge in [0.2, 0.25) is 5.91 Å². The topological polar surface area (TPSA) is 128 Å². The molecule has 4 aromatic carbocycles. The molecule has 42 heavy (non-hydrogen) atoms. The van der Waals surface area contributed by atoms with Crippen LogP contribution in [0.2, 0.25) is 0 Å². The molecule has 10 heteroatoms. The summed E-state index contributed by atoms with van der Waals surface area (Å²) in [6.07, 6.45) is 0. The van der Waals surface area contributed by atoms with Gasteiger partial charge in [-0.1, -0.05) is 54.6 Å². The van der Waals surface area contributed by atoms with Crippen LogP contribution < -0.4 is 15.0 Å². The second-order valence-electron chi connectivity index (χ2n) is 10.0. The van der Waals surface area contributed by atoms with Gasteiger partial charge in [-0.3, -0.25) is 19.7 Å². The number of ether oxygens (including phenoxy) is 1. The highest BCUT2D eigenvalue weighted by atomic mass is 16.6. The molecule has 0 bridgehead atoms. The van der Waals surface area contributed by atoms with Gasteiger partial charge in [-0.15, -0.1) is 0 Å². The minimum absolute atomic E-state index is 0.00437. The Hall–Kier alpha value is -5.22. The largest absolute Gasteiger partial charge is 0.756 e. The highest BCUT2D eigenvalue weighted by Crippen LogP contribution is 2.34. The number of amides is 2. The maximum absolute atomic E-state index is 13.0. The molecule has 1 aliphatic heterocycles. The molecule has 1 heterocycles. The normalized spacial score (nSPS) is 13.0. The van der Waals surface area contributed by atoms with Crippen LogP contribution in [0.1, 0.15) is 44.8 Å². The van der Waals surface area contributed by atoms with Crippen molar-refractivity contribution in [3.8, 4) is 16.9 Å². The molecule has 0 radical (unpaired) electrons. The van der Waals surface area contributed by atoms with Gasteiger partial charge < -0.3 is 25.2 Å². The average molecular weight is 566 g/mol. The van der Waals surface area contributed by atoms with Gasteiger partial charge in [0.1, 0.15) is 12.4 Å². The van der Waals surface area contributed by atoms with E-state index in [0.717, 1.165) is 22.4 Å². The number of nitro benzene ring substituents is 1. The number of hydrogen-bond donors (Lipinski definition) is 1. The van der Waals surface area contributed by atoms with E-state index in [2.05, 4.69) is 10.2 Å². The summed E-state index contributed by atoms with van der Waals surface area (Å²) < 4.78 is 5.89. The fourth-order valence-electron chi connectivity index (χ4n) is 4.93. The molecule has 2 amide bonds. The highest BCUT2D eigenvalue weighted by molar-refractivity contribution is 6.01. The molecule has 214 valence electrons. The van der Waals surface area contributed by atoms with Gasteiger partial charge in [0.25, 0.3) is 11.6 Å². The molecule has 1 atom stereocenters. The number of fused-ring (bicyclic) bond motifs is 1. The minimum atomic E-state index is -0.589. The lowest BCUT2D eigenvalue weighted by Gasteiger charge is -2.31. The molecule has 0 fully saturated rings. The van der Waals surface area contributed by atoms with Crippen molar-refractivity contribution >= 4 is 23.2 Å². The van der Waals surface area contributed by atoms with E-state index in [1.165, 1.54) is 19.2 Å². The first kappa shape index (κ1) is 28.3. The summed E-state index contributed by atoms with van der Waals surface area (Å²) in [5.41, 5.74) is 5.02. The summed E-state index contributed by atoms with van der Waals surface area (Å²) in [6, 6.07) is 26.0. The molecule has 10 nitrogen and oxygen atoms in total. The average Bonchev–Trinajstić information content (AvgIpc) is 3.01. The van der Waals surface area contributed by atoms with E-state index in [-0.39, 0.29) is 17.6 Å².